The second-order valence-electron chi connectivity index (χ2n) is 3.66. The lowest BCUT2D eigenvalue weighted by Crippen LogP contribution is -2.10. The molecule has 19 heavy (non-hydrogen) atoms. The van der Waals surface area contributed by atoms with Crippen molar-refractivity contribution in [3.05, 3.63) is 65.2 Å². The zero-order chi connectivity index (χ0) is 13.5. The van der Waals surface area contributed by atoms with Gasteiger partial charge >= 0.3 is 6.09 Å². The minimum absolute atomic E-state index is 0.587. The molecule has 0 atom stereocenters. The van der Waals surface area contributed by atoms with Crippen LogP contribution in [0.1, 0.15) is 5.56 Å². The maximum absolute atomic E-state index is 11.4. The summed E-state index contributed by atoms with van der Waals surface area (Å²) in [5.41, 5.74) is 1.44. The Labute approximate surface area is 115 Å². The molecule has 0 saturated carbocycles. The lowest BCUT2D eigenvalue weighted by molar-refractivity contribution is 0.167. The molecule has 5 heteroatoms. The van der Waals surface area contributed by atoms with Gasteiger partial charge in [0, 0.05) is 10.7 Å². The zero-order valence-electron chi connectivity index (χ0n) is 9.92. The second-order valence-corrected chi connectivity index (χ2v) is 4.09. The Kier molecular flexibility index (Phi) is 4.53. The molecule has 1 amide bonds. The van der Waals surface area contributed by atoms with Crippen LogP contribution in [0.25, 0.3) is 0 Å². The molecule has 0 unspecified atom stereocenters. The molecular weight excluding hydrogens is 264 g/mol. The number of carbonyl (C=O) groups excluding carboxylic acids is 1. The Hall–Kier alpha value is -2.33. The van der Waals surface area contributed by atoms with E-state index < -0.39 is 6.09 Å². The first-order valence-corrected chi connectivity index (χ1v) is 5.94. The number of rotatable bonds is 3. The molecule has 2 aromatic carbocycles. The van der Waals surface area contributed by atoms with Gasteiger partial charge < -0.3 is 0 Å². The number of benzene rings is 2. The van der Waals surface area contributed by atoms with Crippen molar-refractivity contribution in [3.8, 4) is 0 Å². The lowest BCUT2D eigenvalue weighted by Gasteiger charge is -2.02. The van der Waals surface area contributed by atoms with Gasteiger partial charge in [0.1, 0.15) is 0 Å². The third kappa shape index (κ3) is 4.44. The Bertz CT molecular complexity index is 568. The average Bonchev–Trinajstić information content (AvgIpc) is 2.43. The highest BCUT2D eigenvalue weighted by Gasteiger charge is 2.01. The molecule has 0 fully saturated rings. The molecule has 0 aliphatic carbocycles. The topological polar surface area (TPSA) is 50.7 Å². The molecule has 96 valence electrons. The summed E-state index contributed by atoms with van der Waals surface area (Å²) in [6, 6.07) is 16.0. The Morgan fingerprint density at radius 1 is 1.11 bits per heavy atom. The van der Waals surface area contributed by atoms with Crippen LogP contribution in [0.4, 0.5) is 10.5 Å². The summed E-state index contributed by atoms with van der Waals surface area (Å²) < 4.78 is 0. The third-order valence-corrected chi connectivity index (χ3v) is 2.48. The molecule has 1 N–H and O–H groups in total. The molecule has 4 nitrogen and oxygen atoms in total. The third-order valence-electron chi connectivity index (χ3n) is 2.23. The van der Waals surface area contributed by atoms with E-state index in [2.05, 4.69) is 15.3 Å². The number of amides is 1. The van der Waals surface area contributed by atoms with Crippen molar-refractivity contribution < 1.29 is 9.63 Å². The van der Waals surface area contributed by atoms with Gasteiger partial charge in [0.15, 0.2) is 0 Å². The number of nitrogens with one attached hydrogen (secondary N) is 1. The van der Waals surface area contributed by atoms with E-state index in [1.165, 1.54) is 6.21 Å². The predicted octanol–water partition coefficient (Wildman–Crippen LogP) is 3.92. The van der Waals surface area contributed by atoms with Crippen molar-refractivity contribution >= 4 is 29.6 Å². The minimum Gasteiger partial charge on any atom is -0.298 e. The van der Waals surface area contributed by atoms with Crippen molar-refractivity contribution in [2.45, 2.75) is 0 Å². The smallest absolute Gasteiger partial charge is 0.298 e. The highest BCUT2D eigenvalue weighted by molar-refractivity contribution is 6.30. The number of hydrogen-bond donors (Lipinski definition) is 1. The number of oxime groups is 1. The molecule has 2 aromatic rings. The van der Waals surface area contributed by atoms with Crippen molar-refractivity contribution in [1.29, 1.82) is 0 Å². The molecule has 0 aromatic heterocycles. The first-order chi connectivity index (χ1) is 9.24. The van der Waals surface area contributed by atoms with Crippen LogP contribution in [0.15, 0.2) is 59.8 Å². The van der Waals surface area contributed by atoms with Gasteiger partial charge in [-0.2, -0.15) is 0 Å². The molecule has 2 rings (SSSR count). The van der Waals surface area contributed by atoms with E-state index in [0.29, 0.717) is 10.7 Å². The van der Waals surface area contributed by atoms with Crippen molar-refractivity contribution in [3.63, 3.8) is 0 Å². The highest BCUT2D eigenvalue weighted by atomic mass is 35.5. The van der Waals surface area contributed by atoms with E-state index >= 15 is 0 Å². The fraction of sp³-hybridized carbons (Fsp3) is 0. The summed E-state index contributed by atoms with van der Waals surface area (Å²) in [4.78, 5) is 16.1. The van der Waals surface area contributed by atoms with E-state index in [1.54, 1.807) is 24.3 Å². The standard InChI is InChI=1S/C14H11ClN2O2/c15-12-6-8-13(9-7-12)17-14(18)19-16-10-11-4-2-1-3-5-11/h1-10H,(H,17,18)/b16-10-. The second kappa shape index (κ2) is 6.56. The normalized spacial score (nSPS) is 10.4. The van der Waals surface area contributed by atoms with Crippen molar-refractivity contribution in [2.24, 2.45) is 5.16 Å². The number of anilines is 1. The number of carbonyl (C=O) groups is 1. The largest absolute Gasteiger partial charge is 0.437 e. The maximum Gasteiger partial charge on any atom is 0.437 e. The van der Waals surface area contributed by atoms with Crippen LogP contribution < -0.4 is 5.32 Å². The number of halogens is 1. The number of nitrogens with zero attached hydrogens (tertiary/aromatic N) is 1. The minimum atomic E-state index is -0.658. The van der Waals surface area contributed by atoms with Gasteiger partial charge in [0.05, 0.1) is 6.21 Å². The van der Waals surface area contributed by atoms with E-state index in [1.807, 2.05) is 30.3 Å². The molecule has 0 heterocycles. The highest BCUT2D eigenvalue weighted by Crippen LogP contribution is 2.13. The van der Waals surface area contributed by atoms with Crippen LogP contribution in [0.5, 0.6) is 0 Å². The molecule has 0 radical (unpaired) electrons. The van der Waals surface area contributed by atoms with Crippen LogP contribution >= 0.6 is 11.6 Å². The van der Waals surface area contributed by atoms with Crippen LogP contribution in [0, 0.1) is 0 Å². The van der Waals surface area contributed by atoms with Crippen LogP contribution in [0.3, 0.4) is 0 Å². The summed E-state index contributed by atoms with van der Waals surface area (Å²) in [7, 11) is 0. The lowest BCUT2D eigenvalue weighted by atomic mass is 10.2. The van der Waals surface area contributed by atoms with Crippen LogP contribution in [-0.4, -0.2) is 12.3 Å². The molecule has 0 spiro atoms. The van der Waals surface area contributed by atoms with Crippen LogP contribution in [-0.2, 0) is 4.84 Å². The van der Waals surface area contributed by atoms with Gasteiger partial charge in [0.2, 0.25) is 0 Å². The van der Waals surface area contributed by atoms with E-state index in [9.17, 15) is 4.79 Å². The molecule has 0 aliphatic heterocycles. The molecule has 0 aliphatic rings. The fourth-order valence-electron chi connectivity index (χ4n) is 1.35. The van der Waals surface area contributed by atoms with E-state index in [4.69, 9.17) is 11.6 Å². The first kappa shape index (κ1) is 13.1. The van der Waals surface area contributed by atoms with Crippen molar-refractivity contribution in [2.75, 3.05) is 5.32 Å². The van der Waals surface area contributed by atoms with E-state index in [0.717, 1.165) is 5.56 Å². The van der Waals surface area contributed by atoms with Gasteiger partial charge in [-0.3, -0.25) is 10.2 Å². The molecule has 0 saturated heterocycles. The van der Waals surface area contributed by atoms with Gasteiger partial charge in [-0.15, -0.1) is 0 Å². The Morgan fingerprint density at radius 3 is 2.47 bits per heavy atom. The Balaban J connectivity index is 1.85. The van der Waals surface area contributed by atoms with Gasteiger partial charge in [-0.05, 0) is 29.8 Å². The SMILES string of the molecule is O=C(Nc1ccc(Cl)cc1)O/N=C\c1ccccc1. The quantitative estimate of drug-likeness (QED) is 0.524. The van der Waals surface area contributed by atoms with Crippen LogP contribution in [0.2, 0.25) is 5.02 Å². The summed E-state index contributed by atoms with van der Waals surface area (Å²) >= 11 is 5.73. The predicted molar refractivity (Wildman–Crippen MR) is 75.6 cm³/mol. The summed E-state index contributed by atoms with van der Waals surface area (Å²) in [6.07, 6.45) is 0.802. The number of hydrogen-bond acceptors (Lipinski definition) is 3. The van der Waals surface area contributed by atoms with Gasteiger partial charge in [-0.25, -0.2) is 4.79 Å². The molecular formula is C14H11ClN2O2. The zero-order valence-corrected chi connectivity index (χ0v) is 10.7. The first-order valence-electron chi connectivity index (χ1n) is 5.56. The van der Waals surface area contributed by atoms with Gasteiger partial charge in [-0.1, -0.05) is 47.1 Å². The van der Waals surface area contributed by atoms with Gasteiger partial charge in [0.25, 0.3) is 0 Å². The monoisotopic (exact) mass is 274 g/mol. The molecule has 0 bridgehead atoms. The summed E-state index contributed by atoms with van der Waals surface area (Å²) in [5.74, 6) is 0. The summed E-state index contributed by atoms with van der Waals surface area (Å²) in [5, 5.41) is 6.71. The Morgan fingerprint density at radius 2 is 1.79 bits per heavy atom. The summed E-state index contributed by atoms with van der Waals surface area (Å²) in [6.45, 7) is 0. The van der Waals surface area contributed by atoms with E-state index in [-0.39, 0.29) is 0 Å². The average molecular weight is 275 g/mol. The van der Waals surface area contributed by atoms with Crippen molar-refractivity contribution in [1.82, 2.24) is 0 Å². The fourth-order valence-corrected chi connectivity index (χ4v) is 1.47. The maximum atomic E-state index is 11.4.